The van der Waals surface area contributed by atoms with Crippen LogP contribution in [0, 0.1) is 0 Å². The fourth-order valence-electron chi connectivity index (χ4n) is 1.91. The number of thiazole rings is 1. The normalized spacial score (nSPS) is 10.6. The molecule has 3 nitrogen and oxygen atoms in total. The predicted octanol–water partition coefficient (Wildman–Crippen LogP) is 4.99. The fourth-order valence-corrected chi connectivity index (χ4v) is 2.85. The largest absolute Gasteiger partial charge is 0.302 e. The number of carbonyl (C=O) groups excluding carboxylic acids is 1. The van der Waals surface area contributed by atoms with Gasteiger partial charge < -0.3 is 5.32 Å². The summed E-state index contributed by atoms with van der Waals surface area (Å²) in [5.41, 5.74) is 0. The molecule has 0 spiro atoms. The second-order valence-electron chi connectivity index (χ2n) is 4.65. The number of hydrogen-bond acceptors (Lipinski definition) is 3. The lowest BCUT2D eigenvalue weighted by Gasteiger charge is -2.02. The standard InChI is InChI=1S/C14H23BrN2OS/c15-10-8-6-4-2-1-3-5-7-9-13(18)17-14-16-11-12-19-14/h11-12H,1-10H2,(H,16,17,18). The molecule has 19 heavy (non-hydrogen) atoms. The number of hydrogen-bond donors (Lipinski definition) is 1. The average Bonchev–Trinajstić information content (AvgIpc) is 2.89. The van der Waals surface area contributed by atoms with Gasteiger partial charge in [-0.2, -0.15) is 0 Å². The van der Waals surface area contributed by atoms with Crippen LogP contribution in [0.4, 0.5) is 5.13 Å². The average molecular weight is 347 g/mol. The number of anilines is 1. The van der Waals surface area contributed by atoms with Gasteiger partial charge in [-0.05, 0) is 12.8 Å². The van der Waals surface area contributed by atoms with E-state index >= 15 is 0 Å². The van der Waals surface area contributed by atoms with E-state index in [1.165, 1.54) is 49.9 Å². The Kier molecular flexibility index (Phi) is 9.99. The summed E-state index contributed by atoms with van der Waals surface area (Å²) in [7, 11) is 0. The molecule has 0 aliphatic heterocycles. The lowest BCUT2D eigenvalue weighted by molar-refractivity contribution is -0.116. The molecule has 1 aromatic rings. The van der Waals surface area contributed by atoms with Crippen LogP contribution in [0.15, 0.2) is 11.6 Å². The number of rotatable bonds is 11. The van der Waals surface area contributed by atoms with E-state index in [1.54, 1.807) is 6.20 Å². The third-order valence-electron chi connectivity index (χ3n) is 2.97. The Morgan fingerprint density at radius 1 is 1.11 bits per heavy atom. The molecular weight excluding hydrogens is 324 g/mol. The van der Waals surface area contributed by atoms with Crippen LogP contribution in [0.5, 0.6) is 0 Å². The quantitative estimate of drug-likeness (QED) is 0.453. The highest BCUT2D eigenvalue weighted by atomic mass is 79.9. The second-order valence-corrected chi connectivity index (χ2v) is 6.34. The zero-order valence-electron chi connectivity index (χ0n) is 11.4. The maximum Gasteiger partial charge on any atom is 0.226 e. The van der Waals surface area contributed by atoms with Crippen LogP contribution in [0.3, 0.4) is 0 Å². The first kappa shape index (κ1) is 16.6. The van der Waals surface area contributed by atoms with Gasteiger partial charge in [0.1, 0.15) is 0 Å². The number of alkyl halides is 1. The predicted molar refractivity (Wildman–Crippen MR) is 86.1 cm³/mol. The summed E-state index contributed by atoms with van der Waals surface area (Å²) >= 11 is 4.91. The number of aromatic nitrogens is 1. The van der Waals surface area contributed by atoms with Crippen molar-refractivity contribution in [1.29, 1.82) is 0 Å². The molecule has 0 radical (unpaired) electrons. The highest BCUT2D eigenvalue weighted by molar-refractivity contribution is 9.09. The maximum atomic E-state index is 11.6. The van der Waals surface area contributed by atoms with Gasteiger partial charge in [-0.15, -0.1) is 11.3 Å². The van der Waals surface area contributed by atoms with Crippen molar-refractivity contribution in [2.45, 2.75) is 57.8 Å². The molecular formula is C14H23BrN2OS. The Hall–Kier alpha value is -0.420. The number of nitrogens with one attached hydrogen (secondary N) is 1. The van der Waals surface area contributed by atoms with Crippen molar-refractivity contribution in [3.8, 4) is 0 Å². The fraction of sp³-hybridized carbons (Fsp3) is 0.714. The minimum Gasteiger partial charge on any atom is -0.302 e. The SMILES string of the molecule is O=C(CCCCCCCCCCBr)Nc1nccs1. The Morgan fingerprint density at radius 3 is 2.32 bits per heavy atom. The third kappa shape index (κ3) is 9.16. The van der Waals surface area contributed by atoms with Crippen molar-refractivity contribution < 1.29 is 4.79 Å². The number of nitrogens with zero attached hydrogens (tertiary/aromatic N) is 1. The Labute approximate surface area is 128 Å². The van der Waals surface area contributed by atoms with Gasteiger partial charge in [-0.25, -0.2) is 4.98 Å². The number of unbranched alkanes of at least 4 members (excludes halogenated alkanes) is 7. The summed E-state index contributed by atoms with van der Waals surface area (Å²) < 4.78 is 0. The molecule has 0 saturated carbocycles. The number of amides is 1. The van der Waals surface area contributed by atoms with Gasteiger partial charge in [-0.1, -0.05) is 54.5 Å². The monoisotopic (exact) mass is 346 g/mol. The van der Waals surface area contributed by atoms with Crippen LogP contribution in [0.25, 0.3) is 0 Å². The highest BCUT2D eigenvalue weighted by Crippen LogP contribution is 2.13. The van der Waals surface area contributed by atoms with E-state index < -0.39 is 0 Å². The molecule has 0 bridgehead atoms. The molecule has 1 heterocycles. The lowest BCUT2D eigenvalue weighted by atomic mass is 10.1. The van der Waals surface area contributed by atoms with Gasteiger partial charge in [0, 0.05) is 23.3 Å². The van der Waals surface area contributed by atoms with Gasteiger partial charge in [0.05, 0.1) is 0 Å². The van der Waals surface area contributed by atoms with E-state index in [4.69, 9.17) is 0 Å². The Balaban J connectivity index is 1.86. The van der Waals surface area contributed by atoms with Gasteiger partial charge in [-0.3, -0.25) is 4.79 Å². The molecule has 1 amide bonds. The molecule has 0 aliphatic rings. The minimum absolute atomic E-state index is 0.0901. The molecule has 0 aliphatic carbocycles. The van der Waals surface area contributed by atoms with E-state index in [-0.39, 0.29) is 5.91 Å². The summed E-state index contributed by atoms with van der Waals surface area (Å²) in [6.45, 7) is 0. The van der Waals surface area contributed by atoms with Gasteiger partial charge in [0.15, 0.2) is 5.13 Å². The van der Waals surface area contributed by atoms with Crippen molar-refractivity contribution in [3.63, 3.8) is 0 Å². The van der Waals surface area contributed by atoms with E-state index in [2.05, 4.69) is 26.2 Å². The van der Waals surface area contributed by atoms with Gasteiger partial charge >= 0.3 is 0 Å². The first-order valence-corrected chi connectivity index (χ1v) is 9.08. The molecule has 0 aromatic carbocycles. The zero-order chi connectivity index (χ0) is 13.8. The van der Waals surface area contributed by atoms with Gasteiger partial charge in [0.2, 0.25) is 5.91 Å². The van der Waals surface area contributed by atoms with Crippen LogP contribution in [0.1, 0.15) is 57.8 Å². The smallest absolute Gasteiger partial charge is 0.226 e. The van der Waals surface area contributed by atoms with E-state index in [0.29, 0.717) is 11.6 Å². The van der Waals surface area contributed by atoms with E-state index in [1.807, 2.05) is 5.38 Å². The lowest BCUT2D eigenvalue weighted by Crippen LogP contribution is -2.10. The van der Waals surface area contributed by atoms with Crippen LogP contribution in [-0.4, -0.2) is 16.2 Å². The molecule has 1 rings (SSSR count). The van der Waals surface area contributed by atoms with Crippen molar-refractivity contribution in [1.82, 2.24) is 4.98 Å². The second kappa shape index (κ2) is 11.4. The van der Waals surface area contributed by atoms with Crippen molar-refractivity contribution in [2.24, 2.45) is 0 Å². The third-order valence-corrected chi connectivity index (χ3v) is 4.22. The summed E-state index contributed by atoms with van der Waals surface area (Å²) in [6.07, 6.45) is 12.3. The Morgan fingerprint density at radius 2 is 1.74 bits per heavy atom. The first-order chi connectivity index (χ1) is 9.33. The molecule has 1 aromatic heterocycles. The Bertz CT molecular complexity index is 330. The van der Waals surface area contributed by atoms with Crippen molar-refractivity contribution in [3.05, 3.63) is 11.6 Å². The number of halogens is 1. The zero-order valence-corrected chi connectivity index (χ0v) is 13.8. The van der Waals surface area contributed by atoms with Crippen LogP contribution in [-0.2, 0) is 4.79 Å². The van der Waals surface area contributed by atoms with E-state index in [9.17, 15) is 4.79 Å². The van der Waals surface area contributed by atoms with Crippen LogP contribution in [0.2, 0.25) is 0 Å². The molecule has 0 unspecified atom stereocenters. The van der Waals surface area contributed by atoms with E-state index in [0.717, 1.165) is 18.2 Å². The summed E-state index contributed by atoms with van der Waals surface area (Å²) in [6, 6.07) is 0. The molecule has 5 heteroatoms. The molecule has 0 fully saturated rings. The van der Waals surface area contributed by atoms with Crippen LogP contribution < -0.4 is 5.32 Å². The summed E-state index contributed by atoms with van der Waals surface area (Å²) in [5, 5.41) is 6.51. The molecule has 0 saturated heterocycles. The van der Waals surface area contributed by atoms with Crippen LogP contribution >= 0.6 is 27.3 Å². The topological polar surface area (TPSA) is 42.0 Å². The first-order valence-electron chi connectivity index (χ1n) is 7.08. The van der Waals surface area contributed by atoms with Gasteiger partial charge in [0.25, 0.3) is 0 Å². The van der Waals surface area contributed by atoms with Crippen molar-refractivity contribution in [2.75, 3.05) is 10.6 Å². The highest BCUT2D eigenvalue weighted by Gasteiger charge is 2.03. The summed E-state index contributed by atoms with van der Waals surface area (Å²) in [5.74, 6) is 0.0901. The van der Waals surface area contributed by atoms with Crippen molar-refractivity contribution >= 4 is 38.3 Å². The minimum atomic E-state index is 0.0901. The maximum absolute atomic E-state index is 11.6. The molecule has 108 valence electrons. The molecule has 1 N–H and O–H groups in total. The summed E-state index contributed by atoms with van der Waals surface area (Å²) in [4.78, 5) is 15.6. The number of carbonyl (C=O) groups is 1. The molecule has 0 atom stereocenters.